The average Bonchev–Trinajstić information content (AvgIpc) is 2.82. The van der Waals surface area contributed by atoms with Gasteiger partial charge in [-0.05, 0) is 30.7 Å². The van der Waals surface area contributed by atoms with E-state index in [9.17, 15) is 14.0 Å². The molecular weight excluding hydrogens is 263 g/mol. The van der Waals surface area contributed by atoms with E-state index in [4.69, 9.17) is 4.74 Å². The van der Waals surface area contributed by atoms with Gasteiger partial charge in [0.2, 0.25) is 5.91 Å². The maximum absolute atomic E-state index is 12.7. The molecule has 1 aliphatic heterocycles. The number of anilines is 1. The minimum Gasteiger partial charge on any atom is -0.464 e. The lowest BCUT2D eigenvalue weighted by Crippen LogP contribution is -2.37. The summed E-state index contributed by atoms with van der Waals surface area (Å²) < 4.78 is 17.5. The van der Waals surface area contributed by atoms with Gasteiger partial charge in [-0.25, -0.2) is 9.18 Å². The van der Waals surface area contributed by atoms with Crippen molar-refractivity contribution < 1.29 is 18.7 Å². The lowest BCUT2D eigenvalue weighted by molar-refractivity contribution is -0.141. The number of halogens is 1. The molecule has 1 heterocycles. The van der Waals surface area contributed by atoms with Gasteiger partial charge in [-0.3, -0.25) is 4.79 Å². The quantitative estimate of drug-likeness (QED) is 0.611. The van der Waals surface area contributed by atoms with Crippen molar-refractivity contribution in [2.24, 2.45) is 0 Å². The molecule has 2 N–H and O–H groups in total. The van der Waals surface area contributed by atoms with E-state index in [1.54, 1.807) is 12.1 Å². The molecule has 1 fully saturated rings. The van der Waals surface area contributed by atoms with Gasteiger partial charge < -0.3 is 15.4 Å². The minimum absolute atomic E-state index is 0.158. The van der Waals surface area contributed by atoms with Gasteiger partial charge >= 0.3 is 5.97 Å². The maximum atomic E-state index is 12.7. The van der Waals surface area contributed by atoms with Crippen molar-refractivity contribution in [2.75, 3.05) is 18.5 Å². The van der Waals surface area contributed by atoms with Gasteiger partial charge in [0.15, 0.2) is 0 Å². The van der Waals surface area contributed by atoms with E-state index in [-0.39, 0.29) is 17.7 Å². The third-order valence-corrected chi connectivity index (χ3v) is 3.02. The molecule has 1 aromatic carbocycles. The predicted octanol–water partition coefficient (Wildman–Crippen LogP) is 1.45. The van der Waals surface area contributed by atoms with Crippen molar-refractivity contribution in [2.45, 2.75) is 25.3 Å². The Morgan fingerprint density at radius 3 is 2.75 bits per heavy atom. The second-order valence-corrected chi connectivity index (χ2v) is 4.61. The van der Waals surface area contributed by atoms with Crippen LogP contribution in [-0.4, -0.2) is 31.1 Å². The number of ether oxygens (including phenoxy) is 1. The smallest absolute Gasteiger partial charge is 0.328 e. The first-order valence-electron chi connectivity index (χ1n) is 6.60. The summed E-state index contributed by atoms with van der Waals surface area (Å²) in [6, 6.07) is 5.54. The molecular formula is C14H17FN2O3. The van der Waals surface area contributed by atoms with Crippen LogP contribution in [0.15, 0.2) is 24.3 Å². The Hall–Kier alpha value is -2.11. The van der Waals surface area contributed by atoms with E-state index in [2.05, 4.69) is 10.6 Å². The van der Waals surface area contributed by atoms with Crippen molar-refractivity contribution in [3.63, 3.8) is 0 Å². The summed E-state index contributed by atoms with van der Waals surface area (Å²) in [7, 11) is 0. The first-order valence-corrected chi connectivity index (χ1v) is 6.60. The first-order chi connectivity index (χ1) is 9.65. The fourth-order valence-electron chi connectivity index (χ4n) is 1.94. The molecule has 0 aromatic heterocycles. The zero-order valence-corrected chi connectivity index (χ0v) is 11.0. The summed E-state index contributed by atoms with van der Waals surface area (Å²) in [6.07, 6.45) is 1.50. The van der Waals surface area contributed by atoms with E-state index in [1.165, 1.54) is 12.1 Å². The van der Waals surface area contributed by atoms with Gasteiger partial charge in [-0.1, -0.05) is 0 Å². The molecule has 1 aromatic rings. The molecule has 0 spiro atoms. The highest BCUT2D eigenvalue weighted by Gasteiger charge is 2.27. The van der Waals surface area contributed by atoms with Crippen LogP contribution in [0.5, 0.6) is 0 Å². The second-order valence-electron chi connectivity index (χ2n) is 4.61. The second kappa shape index (κ2) is 6.88. The Kier molecular flexibility index (Phi) is 4.92. The monoisotopic (exact) mass is 280 g/mol. The molecule has 1 aliphatic rings. The van der Waals surface area contributed by atoms with Gasteiger partial charge in [-0.2, -0.15) is 0 Å². The van der Waals surface area contributed by atoms with Crippen molar-refractivity contribution >= 4 is 17.6 Å². The molecule has 108 valence electrons. The Morgan fingerprint density at radius 2 is 2.10 bits per heavy atom. The van der Waals surface area contributed by atoms with Crippen molar-refractivity contribution in [1.29, 1.82) is 0 Å². The highest BCUT2D eigenvalue weighted by Crippen LogP contribution is 2.09. The molecule has 0 radical (unpaired) electrons. The number of rotatable bonds is 6. The molecule has 0 aliphatic carbocycles. The zero-order chi connectivity index (χ0) is 14.4. The third kappa shape index (κ3) is 4.22. The van der Waals surface area contributed by atoms with E-state index < -0.39 is 6.04 Å². The number of cyclic esters (lactones) is 1. The van der Waals surface area contributed by atoms with Crippen LogP contribution < -0.4 is 10.6 Å². The summed E-state index contributed by atoms with van der Waals surface area (Å²) in [4.78, 5) is 22.8. The zero-order valence-electron chi connectivity index (χ0n) is 11.0. The van der Waals surface area contributed by atoms with Gasteiger partial charge in [0.25, 0.3) is 0 Å². The summed E-state index contributed by atoms with van der Waals surface area (Å²) in [6.45, 7) is 0.976. The van der Waals surface area contributed by atoms with Crippen LogP contribution in [0.2, 0.25) is 0 Å². The standard InChI is InChI=1S/C14H17FN2O3/c15-10-3-5-11(6-4-10)16-8-1-2-13(18)17-12-7-9-20-14(12)19/h3-6,12,16H,1-2,7-9H2,(H,17,18). The molecule has 5 nitrogen and oxygen atoms in total. The maximum Gasteiger partial charge on any atom is 0.328 e. The number of esters is 1. The van der Waals surface area contributed by atoms with Crippen LogP contribution in [0.3, 0.4) is 0 Å². The highest BCUT2D eigenvalue weighted by atomic mass is 19.1. The SMILES string of the molecule is O=C(CCCNc1ccc(F)cc1)NC1CCOC1=O. The van der Waals surface area contributed by atoms with Gasteiger partial charge in [0.1, 0.15) is 11.9 Å². The number of benzene rings is 1. The molecule has 6 heteroatoms. The Bertz CT molecular complexity index is 476. The van der Waals surface area contributed by atoms with Crippen LogP contribution >= 0.6 is 0 Å². The predicted molar refractivity (Wildman–Crippen MR) is 71.6 cm³/mol. The average molecular weight is 280 g/mol. The topological polar surface area (TPSA) is 67.4 Å². The van der Waals surface area contributed by atoms with Gasteiger partial charge in [0, 0.05) is 25.1 Å². The van der Waals surface area contributed by atoms with E-state index >= 15 is 0 Å². The Morgan fingerprint density at radius 1 is 1.35 bits per heavy atom. The summed E-state index contributed by atoms with van der Waals surface area (Å²) in [5, 5.41) is 5.74. The number of nitrogens with one attached hydrogen (secondary N) is 2. The van der Waals surface area contributed by atoms with Crippen molar-refractivity contribution in [3.05, 3.63) is 30.1 Å². The Balaban J connectivity index is 1.62. The van der Waals surface area contributed by atoms with Crippen molar-refractivity contribution in [3.8, 4) is 0 Å². The number of carbonyl (C=O) groups excluding carboxylic acids is 2. The third-order valence-electron chi connectivity index (χ3n) is 3.02. The first kappa shape index (κ1) is 14.3. The van der Waals surface area contributed by atoms with Crippen molar-refractivity contribution in [1.82, 2.24) is 5.32 Å². The van der Waals surface area contributed by atoms with Crippen LogP contribution in [0.25, 0.3) is 0 Å². The number of hydrogen-bond acceptors (Lipinski definition) is 4. The fraction of sp³-hybridized carbons (Fsp3) is 0.429. The van der Waals surface area contributed by atoms with Crippen LogP contribution in [0.1, 0.15) is 19.3 Å². The van der Waals surface area contributed by atoms with E-state index in [1.807, 2.05) is 0 Å². The van der Waals surface area contributed by atoms with Crippen LogP contribution in [-0.2, 0) is 14.3 Å². The normalized spacial score (nSPS) is 17.6. The highest BCUT2D eigenvalue weighted by molar-refractivity contribution is 5.85. The van der Waals surface area contributed by atoms with Crippen LogP contribution in [0.4, 0.5) is 10.1 Å². The fourth-order valence-corrected chi connectivity index (χ4v) is 1.94. The molecule has 2 rings (SSSR count). The largest absolute Gasteiger partial charge is 0.464 e. The van der Waals surface area contributed by atoms with E-state index in [0.29, 0.717) is 32.4 Å². The summed E-state index contributed by atoms with van der Waals surface area (Å²) >= 11 is 0. The number of hydrogen-bond donors (Lipinski definition) is 2. The molecule has 20 heavy (non-hydrogen) atoms. The molecule has 1 atom stereocenters. The lowest BCUT2D eigenvalue weighted by Gasteiger charge is -2.09. The summed E-state index contributed by atoms with van der Waals surface area (Å²) in [5.41, 5.74) is 0.811. The minimum atomic E-state index is -0.493. The molecule has 1 amide bonds. The molecule has 0 saturated carbocycles. The molecule has 1 unspecified atom stereocenters. The number of amides is 1. The van der Waals surface area contributed by atoms with Gasteiger partial charge in [-0.15, -0.1) is 0 Å². The van der Waals surface area contributed by atoms with Gasteiger partial charge in [0.05, 0.1) is 6.61 Å². The number of carbonyl (C=O) groups is 2. The summed E-state index contributed by atoms with van der Waals surface area (Å²) in [5.74, 6) is -0.795. The lowest BCUT2D eigenvalue weighted by atomic mass is 10.2. The van der Waals surface area contributed by atoms with E-state index in [0.717, 1.165) is 5.69 Å². The molecule has 1 saturated heterocycles. The van der Waals surface area contributed by atoms with Crippen LogP contribution in [0, 0.1) is 5.82 Å². The Labute approximate surface area is 116 Å². The molecule has 0 bridgehead atoms.